The van der Waals surface area contributed by atoms with Crippen molar-refractivity contribution in [2.24, 2.45) is 5.73 Å². The quantitative estimate of drug-likeness (QED) is 0.629. The molecule has 0 radical (unpaired) electrons. The first-order valence-electron chi connectivity index (χ1n) is 6.88. The average Bonchev–Trinajstić information content (AvgIpc) is 2.47. The number of hydrogen-bond donors (Lipinski definition) is 2. The molecule has 0 fully saturated rings. The highest BCUT2D eigenvalue weighted by molar-refractivity contribution is 5.64. The van der Waals surface area contributed by atoms with Crippen molar-refractivity contribution in [3.05, 3.63) is 69.8 Å². The molecule has 1 atom stereocenters. The van der Waals surface area contributed by atoms with Gasteiger partial charge in [0.1, 0.15) is 5.69 Å². The van der Waals surface area contributed by atoms with E-state index in [1.807, 2.05) is 36.4 Å². The topological polar surface area (TPSA) is 81.2 Å². The molecular weight excluding hydrogens is 266 g/mol. The minimum absolute atomic E-state index is 0.0810. The Kier molecular flexibility index (Phi) is 4.90. The zero-order valence-corrected chi connectivity index (χ0v) is 12.0. The Hall–Kier alpha value is -2.40. The van der Waals surface area contributed by atoms with Gasteiger partial charge in [0.15, 0.2) is 0 Å². The van der Waals surface area contributed by atoms with E-state index >= 15 is 0 Å². The van der Waals surface area contributed by atoms with E-state index in [1.165, 1.54) is 0 Å². The van der Waals surface area contributed by atoms with Crippen LogP contribution in [0.25, 0.3) is 0 Å². The molecular formula is C16H19N3O2. The van der Waals surface area contributed by atoms with E-state index in [1.54, 1.807) is 19.1 Å². The first-order chi connectivity index (χ1) is 10.1. The Labute approximate surface area is 123 Å². The summed E-state index contributed by atoms with van der Waals surface area (Å²) in [6.45, 7) is 2.32. The maximum absolute atomic E-state index is 11.1. The van der Waals surface area contributed by atoms with Gasteiger partial charge in [-0.3, -0.25) is 10.1 Å². The maximum Gasteiger partial charge on any atom is 0.295 e. The van der Waals surface area contributed by atoms with E-state index in [0.717, 1.165) is 5.56 Å². The van der Waals surface area contributed by atoms with Crippen LogP contribution in [0.3, 0.4) is 0 Å². The number of nitrogens with one attached hydrogen (secondary N) is 1. The van der Waals surface area contributed by atoms with Crippen molar-refractivity contribution in [1.82, 2.24) is 0 Å². The molecule has 0 spiro atoms. The summed E-state index contributed by atoms with van der Waals surface area (Å²) in [5.41, 5.74) is 8.50. The summed E-state index contributed by atoms with van der Waals surface area (Å²) in [7, 11) is 0. The van der Waals surface area contributed by atoms with E-state index in [9.17, 15) is 10.1 Å². The monoisotopic (exact) mass is 285 g/mol. The number of nitrogens with zero attached hydrogens (tertiary/aromatic N) is 1. The summed E-state index contributed by atoms with van der Waals surface area (Å²) >= 11 is 0. The SMILES string of the molecule is Cc1cccc(NCCC(N)c2ccccc2)c1[N+](=O)[O-]. The molecule has 0 saturated heterocycles. The molecule has 0 saturated carbocycles. The van der Waals surface area contributed by atoms with Gasteiger partial charge in [0.05, 0.1) is 4.92 Å². The van der Waals surface area contributed by atoms with Crippen LogP contribution in [0, 0.1) is 17.0 Å². The molecule has 21 heavy (non-hydrogen) atoms. The molecule has 0 aliphatic heterocycles. The van der Waals surface area contributed by atoms with Crippen molar-refractivity contribution in [3.63, 3.8) is 0 Å². The highest BCUT2D eigenvalue weighted by atomic mass is 16.6. The number of para-hydroxylation sites is 1. The molecule has 5 nitrogen and oxygen atoms in total. The van der Waals surface area contributed by atoms with Crippen LogP contribution in [0.15, 0.2) is 48.5 Å². The Bertz CT molecular complexity index is 614. The fraction of sp³-hybridized carbons (Fsp3) is 0.250. The molecule has 2 aromatic carbocycles. The van der Waals surface area contributed by atoms with Gasteiger partial charge in [-0.05, 0) is 25.0 Å². The average molecular weight is 285 g/mol. The minimum Gasteiger partial charge on any atom is -0.379 e. The second-order valence-corrected chi connectivity index (χ2v) is 4.96. The number of aryl methyl sites for hydroxylation is 1. The fourth-order valence-electron chi connectivity index (χ4n) is 2.27. The molecule has 3 N–H and O–H groups in total. The van der Waals surface area contributed by atoms with E-state index < -0.39 is 0 Å². The van der Waals surface area contributed by atoms with E-state index in [-0.39, 0.29) is 16.7 Å². The van der Waals surface area contributed by atoms with Crippen molar-refractivity contribution in [2.75, 3.05) is 11.9 Å². The molecule has 110 valence electrons. The Morgan fingerprint density at radius 1 is 1.19 bits per heavy atom. The molecule has 5 heteroatoms. The van der Waals surface area contributed by atoms with Crippen molar-refractivity contribution < 1.29 is 4.92 Å². The highest BCUT2D eigenvalue weighted by Crippen LogP contribution is 2.28. The van der Waals surface area contributed by atoms with Crippen LogP contribution in [0.5, 0.6) is 0 Å². The summed E-state index contributed by atoms with van der Waals surface area (Å²) in [6.07, 6.45) is 0.703. The van der Waals surface area contributed by atoms with Crippen LogP contribution >= 0.6 is 0 Å². The van der Waals surface area contributed by atoms with Gasteiger partial charge < -0.3 is 11.1 Å². The summed E-state index contributed by atoms with van der Waals surface area (Å²) in [6, 6.07) is 15.0. The van der Waals surface area contributed by atoms with Crippen molar-refractivity contribution >= 4 is 11.4 Å². The van der Waals surface area contributed by atoms with Crippen LogP contribution in [0.1, 0.15) is 23.6 Å². The van der Waals surface area contributed by atoms with Crippen molar-refractivity contribution in [2.45, 2.75) is 19.4 Å². The van der Waals surface area contributed by atoms with Crippen LogP contribution in [-0.2, 0) is 0 Å². The third-order valence-corrected chi connectivity index (χ3v) is 3.42. The smallest absolute Gasteiger partial charge is 0.295 e. The zero-order valence-electron chi connectivity index (χ0n) is 12.0. The number of nitro groups is 1. The first-order valence-corrected chi connectivity index (χ1v) is 6.88. The lowest BCUT2D eigenvalue weighted by molar-refractivity contribution is -0.384. The Morgan fingerprint density at radius 3 is 2.57 bits per heavy atom. The second-order valence-electron chi connectivity index (χ2n) is 4.96. The van der Waals surface area contributed by atoms with Crippen LogP contribution in [-0.4, -0.2) is 11.5 Å². The third-order valence-electron chi connectivity index (χ3n) is 3.42. The van der Waals surface area contributed by atoms with E-state index in [2.05, 4.69) is 5.32 Å². The first kappa shape index (κ1) is 15.0. The van der Waals surface area contributed by atoms with Crippen LogP contribution in [0.4, 0.5) is 11.4 Å². The molecule has 0 heterocycles. The number of benzene rings is 2. The Balaban J connectivity index is 1.98. The molecule has 2 aromatic rings. The molecule has 2 rings (SSSR count). The standard InChI is InChI=1S/C16H19N3O2/c1-12-6-5-9-15(16(12)19(20)21)18-11-10-14(17)13-7-3-2-4-8-13/h2-9,14,18H,10-11,17H2,1H3. The van der Waals surface area contributed by atoms with Gasteiger partial charge in [0, 0.05) is 18.2 Å². The number of nitro benzene ring substituents is 1. The maximum atomic E-state index is 11.1. The lowest BCUT2D eigenvalue weighted by Gasteiger charge is -2.13. The fourth-order valence-corrected chi connectivity index (χ4v) is 2.27. The lowest BCUT2D eigenvalue weighted by Crippen LogP contribution is -2.15. The zero-order chi connectivity index (χ0) is 15.2. The van der Waals surface area contributed by atoms with E-state index in [0.29, 0.717) is 24.2 Å². The molecule has 0 aliphatic rings. The number of nitrogens with two attached hydrogens (primary N) is 1. The van der Waals surface area contributed by atoms with E-state index in [4.69, 9.17) is 5.73 Å². The number of anilines is 1. The largest absolute Gasteiger partial charge is 0.379 e. The molecule has 0 amide bonds. The van der Waals surface area contributed by atoms with Gasteiger partial charge in [-0.25, -0.2) is 0 Å². The normalized spacial score (nSPS) is 11.9. The Morgan fingerprint density at radius 2 is 1.90 bits per heavy atom. The summed E-state index contributed by atoms with van der Waals surface area (Å²) < 4.78 is 0. The predicted octanol–water partition coefficient (Wildman–Crippen LogP) is 3.41. The lowest BCUT2D eigenvalue weighted by atomic mass is 10.0. The van der Waals surface area contributed by atoms with Crippen LogP contribution < -0.4 is 11.1 Å². The summed E-state index contributed by atoms with van der Waals surface area (Å²) in [4.78, 5) is 10.7. The van der Waals surface area contributed by atoms with Gasteiger partial charge >= 0.3 is 0 Å². The highest BCUT2D eigenvalue weighted by Gasteiger charge is 2.16. The van der Waals surface area contributed by atoms with Gasteiger partial charge in [-0.2, -0.15) is 0 Å². The second kappa shape index (κ2) is 6.85. The van der Waals surface area contributed by atoms with Gasteiger partial charge in [-0.1, -0.05) is 42.5 Å². The van der Waals surface area contributed by atoms with Crippen molar-refractivity contribution in [1.29, 1.82) is 0 Å². The molecule has 0 aliphatic carbocycles. The van der Waals surface area contributed by atoms with Gasteiger partial charge in [0.2, 0.25) is 0 Å². The minimum atomic E-state index is -0.352. The van der Waals surface area contributed by atoms with Crippen molar-refractivity contribution in [3.8, 4) is 0 Å². The summed E-state index contributed by atoms with van der Waals surface area (Å²) in [5.74, 6) is 0. The predicted molar refractivity (Wildman–Crippen MR) is 84.3 cm³/mol. The number of rotatable bonds is 6. The number of hydrogen-bond acceptors (Lipinski definition) is 4. The third kappa shape index (κ3) is 3.79. The van der Waals surface area contributed by atoms with Gasteiger partial charge in [0.25, 0.3) is 5.69 Å². The van der Waals surface area contributed by atoms with Gasteiger partial charge in [-0.15, -0.1) is 0 Å². The summed E-state index contributed by atoms with van der Waals surface area (Å²) in [5, 5.41) is 14.2. The molecule has 1 unspecified atom stereocenters. The molecule has 0 aromatic heterocycles. The molecule has 0 bridgehead atoms. The van der Waals surface area contributed by atoms with Crippen LogP contribution in [0.2, 0.25) is 0 Å².